The molecular formula is C27H24BrN3O4S. The maximum absolute atomic E-state index is 12.8. The Morgan fingerprint density at radius 2 is 1.58 bits per heavy atom. The van der Waals surface area contributed by atoms with Gasteiger partial charge < -0.3 is 9.47 Å². The normalized spacial score (nSPS) is 11.4. The first-order valence-corrected chi connectivity index (χ1v) is 13.4. The first-order chi connectivity index (χ1) is 17.4. The van der Waals surface area contributed by atoms with Crippen molar-refractivity contribution >= 4 is 37.8 Å². The molecule has 1 N–H and O–H groups in total. The van der Waals surface area contributed by atoms with E-state index in [4.69, 9.17) is 9.47 Å². The number of aryl methyl sites for hydroxylation is 1. The van der Waals surface area contributed by atoms with Crippen LogP contribution in [-0.4, -0.2) is 31.6 Å². The molecule has 0 aliphatic carbocycles. The highest BCUT2D eigenvalue weighted by molar-refractivity contribution is 9.10. The van der Waals surface area contributed by atoms with E-state index in [1.165, 1.54) is 12.4 Å². The highest BCUT2D eigenvalue weighted by Crippen LogP contribution is 2.34. The monoisotopic (exact) mass is 565 g/mol. The summed E-state index contributed by atoms with van der Waals surface area (Å²) in [6.45, 7) is 2.45. The number of anilines is 1. The third kappa shape index (κ3) is 7.16. The predicted octanol–water partition coefficient (Wildman–Crippen LogP) is 6.08. The number of hydrogen-bond acceptors (Lipinski definition) is 6. The number of hydrogen-bond donors (Lipinski definition) is 1. The summed E-state index contributed by atoms with van der Waals surface area (Å²) in [5.74, 6) is 1.08. The van der Waals surface area contributed by atoms with Crippen LogP contribution in [0.15, 0.2) is 95.1 Å². The van der Waals surface area contributed by atoms with Crippen LogP contribution in [0.1, 0.15) is 11.1 Å². The lowest BCUT2D eigenvalue weighted by Crippen LogP contribution is -2.14. The van der Waals surface area contributed by atoms with Crippen LogP contribution in [0, 0.1) is 6.92 Å². The Bertz CT molecular complexity index is 1430. The molecule has 0 aliphatic heterocycles. The molecule has 4 rings (SSSR count). The van der Waals surface area contributed by atoms with Crippen molar-refractivity contribution in [1.82, 2.24) is 9.97 Å². The second-order valence-corrected chi connectivity index (χ2v) is 10.3. The molecule has 0 saturated heterocycles. The number of benzene rings is 3. The quantitative estimate of drug-likeness (QED) is 0.234. The van der Waals surface area contributed by atoms with Crippen molar-refractivity contribution in [2.24, 2.45) is 0 Å². The van der Waals surface area contributed by atoms with Crippen LogP contribution in [0.2, 0.25) is 0 Å². The molecule has 3 aromatic carbocycles. The fourth-order valence-electron chi connectivity index (χ4n) is 3.27. The molecule has 7 nitrogen and oxygen atoms in total. The van der Waals surface area contributed by atoms with Crippen LogP contribution in [0.3, 0.4) is 0 Å². The lowest BCUT2D eigenvalue weighted by atomic mass is 10.1. The summed E-state index contributed by atoms with van der Waals surface area (Å²) in [7, 11) is -3.86. The van der Waals surface area contributed by atoms with Gasteiger partial charge in [-0.2, -0.15) is 0 Å². The zero-order valence-electron chi connectivity index (χ0n) is 19.5. The van der Waals surface area contributed by atoms with Gasteiger partial charge in [-0.25, -0.2) is 18.4 Å². The molecule has 184 valence electrons. The van der Waals surface area contributed by atoms with E-state index in [-0.39, 0.29) is 24.9 Å². The van der Waals surface area contributed by atoms with E-state index in [1.54, 1.807) is 0 Å². The smallest absolute Gasteiger partial charge is 0.256 e. The summed E-state index contributed by atoms with van der Waals surface area (Å²) in [4.78, 5) is 8.48. The van der Waals surface area contributed by atoms with Crippen LogP contribution in [0.4, 0.5) is 5.82 Å². The minimum Gasteiger partial charge on any atom is -0.490 e. The fourth-order valence-corrected chi connectivity index (χ4v) is 4.36. The number of halogens is 1. The van der Waals surface area contributed by atoms with Gasteiger partial charge in [0.05, 0.1) is 11.0 Å². The molecule has 0 bridgehead atoms. The third-order valence-electron chi connectivity index (χ3n) is 5.04. The van der Waals surface area contributed by atoms with Crippen LogP contribution in [0.25, 0.3) is 17.2 Å². The molecule has 1 heterocycles. The number of rotatable bonds is 10. The second kappa shape index (κ2) is 11.8. The Labute approximate surface area is 219 Å². The van der Waals surface area contributed by atoms with Crippen LogP contribution >= 0.6 is 15.9 Å². The Hall–Kier alpha value is -3.69. The molecule has 0 saturated carbocycles. The SMILES string of the molecule is Cc1ccc(-c2c(NS(=O)(=O)C=Cc3ccccc3)ncnc2OCCOc2ccc(Br)cc2)cc1. The van der Waals surface area contributed by atoms with Crippen molar-refractivity contribution in [3.05, 3.63) is 106 Å². The lowest BCUT2D eigenvalue weighted by Gasteiger charge is -2.15. The van der Waals surface area contributed by atoms with Gasteiger partial charge in [0.1, 0.15) is 25.3 Å². The molecular weight excluding hydrogens is 542 g/mol. The van der Waals surface area contributed by atoms with E-state index in [0.29, 0.717) is 11.3 Å². The van der Waals surface area contributed by atoms with Gasteiger partial charge in [-0.05, 0) is 48.4 Å². The molecule has 1 aromatic heterocycles. The minimum atomic E-state index is -3.86. The molecule has 9 heteroatoms. The Morgan fingerprint density at radius 3 is 2.31 bits per heavy atom. The van der Waals surface area contributed by atoms with Crippen LogP contribution < -0.4 is 14.2 Å². The van der Waals surface area contributed by atoms with Gasteiger partial charge in [0.15, 0.2) is 5.82 Å². The van der Waals surface area contributed by atoms with Gasteiger partial charge >= 0.3 is 0 Å². The predicted molar refractivity (Wildman–Crippen MR) is 145 cm³/mol. The van der Waals surface area contributed by atoms with Crippen molar-refractivity contribution in [2.75, 3.05) is 17.9 Å². The fraction of sp³-hybridized carbons (Fsp3) is 0.111. The molecule has 0 radical (unpaired) electrons. The molecule has 0 amide bonds. The summed E-state index contributed by atoms with van der Waals surface area (Å²) >= 11 is 3.39. The van der Waals surface area contributed by atoms with E-state index >= 15 is 0 Å². The number of aromatic nitrogens is 2. The topological polar surface area (TPSA) is 90.4 Å². The summed E-state index contributed by atoms with van der Waals surface area (Å²) in [5, 5.41) is 1.11. The van der Waals surface area contributed by atoms with Gasteiger partial charge in [0, 0.05) is 4.47 Å². The average Bonchev–Trinajstić information content (AvgIpc) is 2.88. The first kappa shape index (κ1) is 25.4. The van der Waals surface area contributed by atoms with Crippen molar-refractivity contribution in [1.29, 1.82) is 0 Å². The van der Waals surface area contributed by atoms with Gasteiger partial charge in [0.2, 0.25) is 5.88 Å². The Balaban J connectivity index is 1.56. The first-order valence-electron chi connectivity index (χ1n) is 11.1. The van der Waals surface area contributed by atoms with E-state index in [1.807, 2.05) is 85.8 Å². The van der Waals surface area contributed by atoms with Gasteiger partial charge in [-0.3, -0.25) is 4.72 Å². The van der Waals surface area contributed by atoms with Crippen molar-refractivity contribution in [3.8, 4) is 22.8 Å². The zero-order valence-corrected chi connectivity index (χ0v) is 21.9. The standard InChI is InChI=1S/C27H24BrN3O4S/c1-20-7-9-22(10-8-20)25-26(31-36(32,33)18-15-21-5-3-2-4-6-21)29-19-30-27(25)35-17-16-34-24-13-11-23(28)12-14-24/h2-15,18-19H,16-17H2,1H3,(H,29,30,31). The van der Waals surface area contributed by atoms with Gasteiger partial charge in [-0.1, -0.05) is 76.1 Å². The average molecular weight is 566 g/mol. The number of ether oxygens (including phenoxy) is 2. The number of sulfonamides is 1. The maximum Gasteiger partial charge on any atom is 0.256 e. The lowest BCUT2D eigenvalue weighted by molar-refractivity contribution is 0.212. The third-order valence-corrected chi connectivity index (χ3v) is 6.54. The van der Waals surface area contributed by atoms with Gasteiger partial charge in [0.25, 0.3) is 10.0 Å². The molecule has 0 spiro atoms. The summed E-state index contributed by atoms with van der Waals surface area (Å²) in [5.41, 5.74) is 2.99. The molecule has 0 atom stereocenters. The van der Waals surface area contributed by atoms with Crippen molar-refractivity contribution in [3.63, 3.8) is 0 Å². The largest absolute Gasteiger partial charge is 0.490 e. The van der Waals surface area contributed by atoms with Crippen molar-refractivity contribution in [2.45, 2.75) is 6.92 Å². The number of nitrogens with zero attached hydrogens (tertiary/aromatic N) is 2. The molecule has 0 aliphatic rings. The summed E-state index contributed by atoms with van der Waals surface area (Å²) < 4.78 is 40.8. The molecule has 0 unspecified atom stereocenters. The van der Waals surface area contributed by atoms with Gasteiger partial charge in [-0.15, -0.1) is 0 Å². The zero-order chi connectivity index (χ0) is 25.4. The molecule has 4 aromatic rings. The molecule has 0 fully saturated rings. The Kier molecular flexibility index (Phi) is 8.35. The molecule has 36 heavy (non-hydrogen) atoms. The van der Waals surface area contributed by atoms with E-state index in [0.717, 1.165) is 26.6 Å². The highest BCUT2D eigenvalue weighted by atomic mass is 79.9. The van der Waals surface area contributed by atoms with Crippen LogP contribution in [0.5, 0.6) is 11.6 Å². The minimum absolute atomic E-state index is 0.121. The second-order valence-electron chi connectivity index (χ2n) is 7.78. The Morgan fingerprint density at radius 1 is 0.889 bits per heavy atom. The summed E-state index contributed by atoms with van der Waals surface area (Å²) in [6.07, 6.45) is 2.79. The summed E-state index contributed by atoms with van der Waals surface area (Å²) in [6, 6.07) is 24.2. The maximum atomic E-state index is 12.8. The highest BCUT2D eigenvalue weighted by Gasteiger charge is 2.19. The van der Waals surface area contributed by atoms with E-state index < -0.39 is 10.0 Å². The number of nitrogens with one attached hydrogen (secondary N) is 1. The van der Waals surface area contributed by atoms with E-state index in [2.05, 4.69) is 30.6 Å². The van der Waals surface area contributed by atoms with Crippen LogP contribution in [-0.2, 0) is 10.0 Å². The van der Waals surface area contributed by atoms with E-state index in [9.17, 15) is 8.42 Å². The van der Waals surface area contributed by atoms with Crippen molar-refractivity contribution < 1.29 is 17.9 Å².